The topological polar surface area (TPSA) is 72.9 Å². The van der Waals surface area contributed by atoms with E-state index < -0.39 is 12.1 Å². The number of nitrogens with zero attached hydrogens (tertiary/aromatic N) is 2. The third-order valence-electron chi connectivity index (χ3n) is 4.11. The second-order valence-electron chi connectivity index (χ2n) is 5.75. The molecule has 21 heavy (non-hydrogen) atoms. The summed E-state index contributed by atoms with van der Waals surface area (Å²) in [6.45, 7) is 6.80. The number of likely N-dealkylation sites (tertiary alicyclic amines) is 1. The molecule has 0 aliphatic carbocycles. The molecular formula is C15H25N3O3. The fraction of sp³-hybridized carbons (Fsp3) is 0.733. The van der Waals surface area contributed by atoms with Crippen LogP contribution in [0.15, 0.2) is 12.7 Å². The zero-order valence-corrected chi connectivity index (χ0v) is 12.5. The molecule has 2 unspecified atom stereocenters. The van der Waals surface area contributed by atoms with Gasteiger partial charge in [-0.2, -0.15) is 0 Å². The van der Waals surface area contributed by atoms with Gasteiger partial charge in [0.05, 0.1) is 18.6 Å². The maximum absolute atomic E-state index is 12.4. The SMILES string of the molecule is C=CCCCN1CCNC(CC(=O)N2CCC(O)C2)C1=O. The van der Waals surface area contributed by atoms with E-state index in [4.69, 9.17) is 0 Å². The van der Waals surface area contributed by atoms with Crippen molar-refractivity contribution >= 4 is 11.8 Å². The minimum Gasteiger partial charge on any atom is -0.391 e. The molecule has 0 aromatic carbocycles. The molecule has 0 spiro atoms. The van der Waals surface area contributed by atoms with E-state index in [0.717, 1.165) is 25.9 Å². The first-order valence-electron chi connectivity index (χ1n) is 7.70. The Kier molecular flexibility index (Phi) is 5.76. The van der Waals surface area contributed by atoms with E-state index in [1.807, 2.05) is 11.0 Å². The van der Waals surface area contributed by atoms with Gasteiger partial charge in [-0.05, 0) is 19.3 Å². The zero-order valence-electron chi connectivity index (χ0n) is 12.5. The van der Waals surface area contributed by atoms with Crippen LogP contribution >= 0.6 is 0 Å². The summed E-state index contributed by atoms with van der Waals surface area (Å²) in [5, 5.41) is 12.6. The number of nitrogens with one attached hydrogen (secondary N) is 1. The van der Waals surface area contributed by atoms with E-state index in [1.165, 1.54) is 0 Å². The molecule has 0 bridgehead atoms. The van der Waals surface area contributed by atoms with Crippen LogP contribution in [0.2, 0.25) is 0 Å². The average Bonchev–Trinajstić information content (AvgIpc) is 2.90. The van der Waals surface area contributed by atoms with Crippen molar-refractivity contribution in [3.8, 4) is 0 Å². The summed E-state index contributed by atoms with van der Waals surface area (Å²) in [5.74, 6) is -0.0382. The van der Waals surface area contributed by atoms with Crippen LogP contribution in [0.1, 0.15) is 25.7 Å². The smallest absolute Gasteiger partial charge is 0.240 e. The summed E-state index contributed by atoms with van der Waals surface area (Å²) in [5.41, 5.74) is 0. The molecule has 6 heteroatoms. The van der Waals surface area contributed by atoms with E-state index in [2.05, 4.69) is 11.9 Å². The monoisotopic (exact) mass is 295 g/mol. The van der Waals surface area contributed by atoms with Crippen molar-refractivity contribution in [2.75, 3.05) is 32.7 Å². The molecule has 2 aliphatic rings. The van der Waals surface area contributed by atoms with Crippen LogP contribution in [0, 0.1) is 0 Å². The Hall–Kier alpha value is -1.40. The van der Waals surface area contributed by atoms with Crippen molar-refractivity contribution < 1.29 is 14.7 Å². The Morgan fingerprint density at radius 3 is 2.95 bits per heavy atom. The van der Waals surface area contributed by atoms with Gasteiger partial charge in [0, 0.05) is 32.7 Å². The van der Waals surface area contributed by atoms with E-state index in [9.17, 15) is 14.7 Å². The molecule has 0 aromatic heterocycles. The molecule has 2 saturated heterocycles. The molecule has 2 amide bonds. The van der Waals surface area contributed by atoms with Gasteiger partial charge in [-0.15, -0.1) is 6.58 Å². The first-order chi connectivity index (χ1) is 10.1. The van der Waals surface area contributed by atoms with E-state index >= 15 is 0 Å². The lowest BCUT2D eigenvalue weighted by Gasteiger charge is -2.33. The lowest BCUT2D eigenvalue weighted by Crippen LogP contribution is -2.56. The Morgan fingerprint density at radius 1 is 1.48 bits per heavy atom. The third kappa shape index (κ3) is 4.28. The fourth-order valence-electron chi connectivity index (χ4n) is 2.87. The number of rotatable bonds is 6. The van der Waals surface area contributed by atoms with Gasteiger partial charge in [0.2, 0.25) is 11.8 Å². The lowest BCUT2D eigenvalue weighted by atomic mass is 10.1. The zero-order chi connectivity index (χ0) is 15.2. The van der Waals surface area contributed by atoms with Crippen molar-refractivity contribution in [2.45, 2.75) is 37.8 Å². The van der Waals surface area contributed by atoms with Crippen molar-refractivity contribution in [1.82, 2.24) is 15.1 Å². The van der Waals surface area contributed by atoms with Gasteiger partial charge in [0.15, 0.2) is 0 Å². The Bertz CT molecular complexity index is 400. The van der Waals surface area contributed by atoms with Gasteiger partial charge in [0.25, 0.3) is 0 Å². The summed E-state index contributed by atoms with van der Waals surface area (Å²) in [4.78, 5) is 28.0. The average molecular weight is 295 g/mol. The Morgan fingerprint density at radius 2 is 2.29 bits per heavy atom. The maximum atomic E-state index is 12.4. The highest BCUT2D eigenvalue weighted by Crippen LogP contribution is 2.13. The second-order valence-corrected chi connectivity index (χ2v) is 5.75. The Labute approximate surface area is 125 Å². The van der Waals surface area contributed by atoms with Gasteiger partial charge in [-0.3, -0.25) is 9.59 Å². The van der Waals surface area contributed by atoms with E-state index in [0.29, 0.717) is 26.1 Å². The van der Waals surface area contributed by atoms with Crippen LogP contribution in [-0.4, -0.2) is 71.6 Å². The minimum atomic E-state index is -0.423. The quantitative estimate of drug-likeness (QED) is 0.523. The molecule has 0 radical (unpaired) electrons. The normalized spacial score (nSPS) is 26.2. The van der Waals surface area contributed by atoms with Crippen LogP contribution < -0.4 is 5.32 Å². The number of unbranched alkanes of at least 4 members (excludes halogenated alkanes) is 1. The van der Waals surface area contributed by atoms with Crippen molar-refractivity contribution in [3.05, 3.63) is 12.7 Å². The molecule has 2 heterocycles. The van der Waals surface area contributed by atoms with Gasteiger partial charge >= 0.3 is 0 Å². The number of piperazine rings is 1. The van der Waals surface area contributed by atoms with E-state index in [1.54, 1.807) is 4.90 Å². The van der Waals surface area contributed by atoms with Crippen LogP contribution in [0.3, 0.4) is 0 Å². The van der Waals surface area contributed by atoms with Crippen LogP contribution in [0.4, 0.5) is 0 Å². The number of carbonyl (C=O) groups is 2. The highest BCUT2D eigenvalue weighted by molar-refractivity contribution is 5.89. The minimum absolute atomic E-state index is 0.0124. The molecule has 2 N–H and O–H groups in total. The molecule has 2 atom stereocenters. The molecule has 118 valence electrons. The number of hydrogen-bond donors (Lipinski definition) is 2. The van der Waals surface area contributed by atoms with Crippen LogP contribution in [0.5, 0.6) is 0 Å². The number of β-amino-alcohol motifs (C(OH)–C–C–N with tert-alkyl or cyclic N) is 1. The molecule has 0 aromatic rings. The fourth-order valence-corrected chi connectivity index (χ4v) is 2.87. The number of allylic oxidation sites excluding steroid dienone is 1. The van der Waals surface area contributed by atoms with E-state index in [-0.39, 0.29) is 18.2 Å². The molecule has 0 saturated carbocycles. The number of carbonyl (C=O) groups excluding carboxylic acids is 2. The number of amides is 2. The molecule has 2 fully saturated rings. The van der Waals surface area contributed by atoms with Crippen LogP contribution in [-0.2, 0) is 9.59 Å². The van der Waals surface area contributed by atoms with Gasteiger partial charge in [-0.1, -0.05) is 6.08 Å². The molecule has 2 rings (SSSR count). The number of aliphatic hydroxyl groups is 1. The largest absolute Gasteiger partial charge is 0.391 e. The summed E-state index contributed by atoms with van der Waals surface area (Å²) in [6, 6.07) is -0.423. The van der Waals surface area contributed by atoms with Gasteiger partial charge in [0.1, 0.15) is 0 Å². The Balaban J connectivity index is 1.83. The summed E-state index contributed by atoms with van der Waals surface area (Å²) >= 11 is 0. The highest BCUT2D eigenvalue weighted by Gasteiger charge is 2.32. The van der Waals surface area contributed by atoms with Crippen LogP contribution in [0.25, 0.3) is 0 Å². The lowest BCUT2D eigenvalue weighted by molar-refractivity contribution is -0.140. The van der Waals surface area contributed by atoms with Crippen molar-refractivity contribution in [3.63, 3.8) is 0 Å². The second kappa shape index (κ2) is 7.56. The number of aliphatic hydroxyl groups excluding tert-OH is 1. The molecular weight excluding hydrogens is 270 g/mol. The van der Waals surface area contributed by atoms with Gasteiger partial charge in [-0.25, -0.2) is 0 Å². The van der Waals surface area contributed by atoms with Crippen molar-refractivity contribution in [1.29, 1.82) is 0 Å². The molecule has 6 nitrogen and oxygen atoms in total. The third-order valence-corrected chi connectivity index (χ3v) is 4.11. The summed E-state index contributed by atoms with van der Waals surface area (Å²) in [7, 11) is 0. The summed E-state index contributed by atoms with van der Waals surface area (Å²) < 4.78 is 0. The predicted octanol–water partition coefficient (Wildman–Crippen LogP) is -0.264. The standard InChI is InChI=1S/C15H25N3O3/c1-2-3-4-7-17-9-6-16-13(15(17)21)10-14(20)18-8-5-12(19)11-18/h2,12-13,16,19H,1,3-11H2. The predicted molar refractivity (Wildman–Crippen MR) is 79.6 cm³/mol. The van der Waals surface area contributed by atoms with Gasteiger partial charge < -0.3 is 20.2 Å². The van der Waals surface area contributed by atoms with Crippen molar-refractivity contribution in [2.24, 2.45) is 0 Å². The maximum Gasteiger partial charge on any atom is 0.240 e. The summed E-state index contributed by atoms with van der Waals surface area (Å²) in [6.07, 6.45) is 4.06. The molecule has 2 aliphatic heterocycles. The highest BCUT2D eigenvalue weighted by atomic mass is 16.3. The first kappa shape index (κ1) is 16.0. The number of hydrogen-bond acceptors (Lipinski definition) is 4. The first-order valence-corrected chi connectivity index (χ1v) is 7.70.